The predicted octanol–water partition coefficient (Wildman–Crippen LogP) is 4.60. The van der Waals surface area contributed by atoms with Crippen molar-refractivity contribution < 1.29 is 24.0 Å². The Morgan fingerprint density at radius 3 is 2.38 bits per heavy atom. The third-order valence-corrected chi connectivity index (χ3v) is 7.10. The minimum atomic E-state index is -1.06. The van der Waals surface area contributed by atoms with Gasteiger partial charge in [-0.15, -0.1) is 4.91 Å². The van der Waals surface area contributed by atoms with Crippen molar-refractivity contribution in [1.29, 1.82) is 0 Å². The molecule has 2 aliphatic heterocycles. The molecule has 2 aliphatic rings. The Balaban J connectivity index is 1.69. The summed E-state index contributed by atoms with van der Waals surface area (Å²) in [6.07, 6.45) is 1.05. The zero-order valence-corrected chi connectivity index (χ0v) is 22.0. The normalized spacial score (nSPS) is 20.0. The summed E-state index contributed by atoms with van der Waals surface area (Å²) < 4.78 is 11.0. The Morgan fingerprint density at radius 2 is 1.74 bits per heavy atom. The molecule has 2 aromatic rings. The number of piperidine rings is 1. The Kier molecular flexibility index (Phi) is 8.50. The molecule has 0 aliphatic carbocycles. The molecule has 2 unspecified atom stereocenters. The van der Waals surface area contributed by atoms with E-state index in [1.165, 1.54) is 39.2 Å². The lowest BCUT2D eigenvalue weighted by atomic mass is 9.80. The number of non-ortho nitro benzene ring substituents is 1. The van der Waals surface area contributed by atoms with Gasteiger partial charge in [0.15, 0.2) is 0 Å². The number of esters is 2. The summed E-state index contributed by atoms with van der Waals surface area (Å²) in [5.41, 5.74) is 1.57. The average molecular weight is 535 g/mol. The van der Waals surface area contributed by atoms with E-state index < -0.39 is 28.9 Å². The van der Waals surface area contributed by atoms with Crippen molar-refractivity contribution in [1.82, 2.24) is 9.91 Å². The average Bonchev–Trinajstić information content (AvgIpc) is 2.93. The summed E-state index contributed by atoms with van der Waals surface area (Å²) in [5.74, 6) is -2.58. The van der Waals surface area contributed by atoms with Crippen molar-refractivity contribution in [3.8, 4) is 0 Å². The highest BCUT2D eigenvalue weighted by Crippen LogP contribution is 2.43. The van der Waals surface area contributed by atoms with Crippen LogP contribution < -0.4 is 0 Å². The number of carbonyl (C=O) groups is 2. The molecule has 0 amide bonds. The summed E-state index contributed by atoms with van der Waals surface area (Å²) in [6.45, 7) is 5.12. The monoisotopic (exact) mass is 534 g/mol. The van der Waals surface area contributed by atoms with Crippen LogP contribution in [0.15, 0.2) is 82.4 Å². The van der Waals surface area contributed by atoms with E-state index in [4.69, 9.17) is 9.47 Å². The number of hydrogen-bond acceptors (Lipinski definition) is 9. The molecular formula is C28H30N4O7. The first-order chi connectivity index (χ1) is 18.7. The van der Waals surface area contributed by atoms with Crippen molar-refractivity contribution in [3.63, 3.8) is 0 Å². The Morgan fingerprint density at radius 1 is 1.05 bits per heavy atom. The molecule has 0 N–H and O–H groups in total. The number of allylic oxidation sites excluding steroid dienone is 2. The highest BCUT2D eigenvalue weighted by Gasteiger charge is 2.42. The van der Waals surface area contributed by atoms with E-state index in [1.807, 2.05) is 30.3 Å². The van der Waals surface area contributed by atoms with Gasteiger partial charge in [-0.05, 0) is 44.4 Å². The molecule has 4 rings (SSSR count). The molecule has 0 aromatic heterocycles. The summed E-state index contributed by atoms with van der Waals surface area (Å²) in [7, 11) is 1.18. The SMILES string of the molecule is COC(=O)C1=C(C)N(N=O)C(C)=C(C(=O)OC2CCCN(Cc3ccccc3)C2)C1c1cccc([N+](=O)[O-])c1. The van der Waals surface area contributed by atoms with E-state index in [0.29, 0.717) is 25.1 Å². The fraction of sp³-hybridized carbons (Fsp3) is 0.357. The first-order valence-corrected chi connectivity index (χ1v) is 12.6. The van der Waals surface area contributed by atoms with Crippen LogP contribution in [0.25, 0.3) is 0 Å². The largest absolute Gasteiger partial charge is 0.466 e. The molecule has 0 saturated carbocycles. The number of nitroso groups, excluding NO2 is 1. The van der Waals surface area contributed by atoms with Gasteiger partial charge in [-0.25, -0.2) is 14.6 Å². The van der Waals surface area contributed by atoms with Gasteiger partial charge in [-0.1, -0.05) is 42.5 Å². The molecule has 1 saturated heterocycles. The topological polar surface area (TPSA) is 132 Å². The maximum Gasteiger partial charge on any atom is 0.337 e. The van der Waals surface area contributed by atoms with Gasteiger partial charge >= 0.3 is 11.9 Å². The molecule has 11 heteroatoms. The fourth-order valence-electron chi connectivity index (χ4n) is 5.27. The van der Waals surface area contributed by atoms with Crippen molar-refractivity contribution in [3.05, 3.63) is 103 Å². The van der Waals surface area contributed by atoms with Gasteiger partial charge in [0.1, 0.15) is 6.10 Å². The van der Waals surface area contributed by atoms with Crippen molar-refractivity contribution >= 4 is 17.6 Å². The maximum absolute atomic E-state index is 13.8. The lowest BCUT2D eigenvalue weighted by Gasteiger charge is -2.35. The number of nitro benzene ring substituents is 1. The minimum Gasteiger partial charge on any atom is -0.466 e. The van der Waals surface area contributed by atoms with Crippen LogP contribution in [-0.2, 0) is 25.6 Å². The van der Waals surface area contributed by atoms with Crippen LogP contribution >= 0.6 is 0 Å². The zero-order valence-electron chi connectivity index (χ0n) is 22.0. The Hall–Kier alpha value is -4.38. The molecule has 204 valence electrons. The van der Waals surface area contributed by atoms with E-state index in [-0.39, 0.29) is 28.2 Å². The minimum absolute atomic E-state index is 0.00119. The number of hydrogen-bond donors (Lipinski definition) is 0. The predicted molar refractivity (Wildman–Crippen MR) is 142 cm³/mol. The van der Waals surface area contributed by atoms with E-state index in [9.17, 15) is 24.6 Å². The van der Waals surface area contributed by atoms with Crippen LogP contribution in [-0.4, -0.2) is 53.1 Å². The van der Waals surface area contributed by atoms with Crippen LogP contribution in [0.2, 0.25) is 0 Å². The molecular weight excluding hydrogens is 504 g/mol. The van der Waals surface area contributed by atoms with Crippen molar-refractivity contribution in [2.45, 2.75) is 45.3 Å². The Bertz CT molecular complexity index is 1340. The highest BCUT2D eigenvalue weighted by atomic mass is 16.6. The summed E-state index contributed by atoms with van der Waals surface area (Å²) in [4.78, 5) is 51.7. The first kappa shape index (κ1) is 27.6. The van der Waals surface area contributed by atoms with E-state index in [1.54, 1.807) is 6.07 Å². The van der Waals surface area contributed by atoms with Crippen LogP contribution in [0.3, 0.4) is 0 Å². The summed E-state index contributed by atoms with van der Waals surface area (Å²) >= 11 is 0. The van der Waals surface area contributed by atoms with Gasteiger partial charge in [0.05, 0.1) is 45.8 Å². The van der Waals surface area contributed by atoms with Gasteiger partial charge in [0.2, 0.25) is 0 Å². The van der Waals surface area contributed by atoms with Crippen LogP contribution in [0, 0.1) is 15.0 Å². The van der Waals surface area contributed by atoms with Crippen molar-refractivity contribution in [2.75, 3.05) is 20.2 Å². The highest BCUT2D eigenvalue weighted by molar-refractivity contribution is 6.00. The molecule has 2 heterocycles. The number of methoxy groups -OCH3 is 1. The third-order valence-electron chi connectivity index (χ3n) is 7.10. The maximum atomic E-state index is 13.8. The van der Waals surface area contributed by atoms with Gasteiger partial charge < -0.3 is 9.47 Å². The number of nitro groups is 1. The molecule has 2 aromatic carbocycles. The number of rotatable bonds is 8. The number of carbonyl (C=O) groups excluding carboxylic acids is 2. The second-order valence-corrected chi connectivity index (χ2v) is 9.56. The molecule has 11 nitrogen and oxygen atoms in total. The van der Waals surface area contributed by atoms with E-state index in [2.05, 4.69) is 10.2 Å². The number of nitrogens with zero attached hydrogens (tertiary/aromatic N) is 4. The molecule has 1 fully saturated rings. The molecule has 39 heavy (non-hydrogen) atoms. The number of likely N-dealkylation sites (tertiary alicyclic amines) is 1. The molecule has 0 radical (unpaired) electrons. The van der Waals surface area contributed by atoms with Gasteiger partial charge in [-0.3, -0.25) is 15.0 Å². The fourth-order valence-corrected chi connectivity index (χ4v) is 5.27. The smallest absolute Gasteiger partial charge is 0.337 e. The molecule has 0 spiro atoms. The summed E-state index contributed by atoms with van der Waals surface area (Å²) in [6, 6.07) is 15.7. The van der Waals surface area contributed by atoms with Gasteiger partial charge in [0, 0.05) is 25.2 Å². The number of benzene rings is 2. The standard InChI is InChI=1S/C28H30N4O7/c1-18-24(27(33)38-3)26(21-11-7-12-22(15-21)32(36)37)25(19(2)31(18)29-35)28(34)39-23-13-8-14-30(17-23)16-20-9-5-4-6-10-20/h4-7,9-12,15,23,26H,8,13-14,16-17H2,1-3H3. The molecule has 2 atom stereocenters. The Labute approximate surface area is 225 Å². The van der Waals surface area contributed by atoms with E-state index >= 15 is 0 Å². The first-order valence-electron chi connectivity index (χ1n) is 12.6. The van der Waals surface area contributed by atoms with Crippen LogP contribution in [0.4, 0.5) is 5.69 Å². The van der Waals surface area contributed by atoms with Crippen molar-refractivity contribution in [2.24, 2.45) is 5.29 Å². The van der Waals surface area contributed by atoms with Crippen LogP contribution in [0.1, 0.15) is 43.7 Å². The van der Waals surface area contributed by atoms with Crippen LogP contribution in [0.5, 0.6) is 0 Å². The van der Waals surface area contributed by atoms with E-state index in [0.717, 1.165) is 23.5 Å². The second kappa shape index (κ2) is 12.0. The lowest BCUT2D eigenvalue weighted by molar-refractivity contribution is -0.384. The second-order valence-electron chi connectivity index (χ2n) is 9.56. The summed E-state index contributed by atoms with van der Waals surface area (Å²) in [5, 5.41) is 15.5. The quantitative estimate of drug-likeness (QED) is 0.206. The van der Waals surface area contributed by atoms with Gasteiger partial charge in [-0.2, -0.15) is 0 Å². The number of ether oxygens (including phenoxy) is 2. The lowest BCUT2D eigenvalue weighted by Crippen LogP contribution is -2.41. The van der Waals surface area contributed by atoms with Gasteiger partial charge in [0.25, 0.3) is 5.69 Å². The zero-order chi connectivity index (χ0) is 28.1. The third kappa shape index (κ3) is 5.88. The molecule has 0 bridgehead atoms.